The predicted octanol–water partition coefficient (Wildman–Crippen LogP) is 0.954. The topological polar surface area (TPSA) is 47.6 Å². The molecular formula is C11H21NO3. The summed E-state index contributed by atoms with van der Waals surface area (Å²) in [5.41, 5.74) is 0. The Bertz CT molecular complexity index is 196. The van der Waals surface area contributed by atoms with Gasteiger partial charge in [-0.05, 0) is 26.3 Å². The molecule has 15 heavy (non-hydrogen) atoms. The molecule has 0 aromatic carbocycles. The van der Waals surface area contributed by atoms with E-state index < -0.39 is 0 Å². The van der Waals surface area contributed by atoms with Gasteiger partial charge in [0.25, 0.3) is 0 Å². The highest BCUT2D eigenvalue weighted by Gasteiger charge is 2.30. The van der Waals surface area contributed by atoms with Gasteiger partial charge in [0, 0.05) is 12.6 Å². The van der Waals surface area contributed by atoms with Crippen molar-refractivity contribution in [1.82, 2.24) is 5.32 Å². The molecule has 1 aliphatic rings. The number of carbonyl (C=O) groups is 1. The van der Waals surface area contributed by atoms with Gasteiger partial charge < -0.3 is 14.8 Å². The van der Waals surface area contributed by atoms with Crippen molar-refractivity contribution in [1.29, 1.82) is 0 Å². The van der Waals surface area contributed by atoms with Crippen LogP contribution in [0.25, 0.3) is 0 Å². The van der Waals surface area contributed by atoms with Crippen LogP contribution in [-0.4, -0.2) is 38.4 Å². The maximum Gasteiger partial charge on any atom is 0.310 e. The summed E-state index contributed by atoms with van der Waals surface area (Å²) in [6.07, 6.45) is 1.88. The SMILES string of the molecule is CCCOCCOC(=O)C1CCNC1C. The number of hydrogen-bond donors (Lipinski definition) is 1. The van der Waals surface area contributed by atoms with Crippen LogP contribution in [0, 0.1) is 5.92 Å². The van der Waals surface area contributed by atoms with E-state index in [1.165, 1.54) is 0 Å². The van der Waals surface area contributed by atoms with Gasteiger partial charge >= 0.3 is 5.97 Å². The van der Waals surface area contributed by atoms with E-state index in [9.17, 15) is 4.79 Å². The first-order chi connectivity index (χ1) is 7.25. The van der Waals surface area contributed by atoms with Crippen LogP contribution in [0.1, 0.15) is 26.7 Å². The Hall–Kier alpha value is -0.610. The van der Waals surface area contributed by atoms with Gasteiger partial charge in [-0.3, -0.25) is 4.79 Å². The Morgan fingerprint density at radius 3 is 2.80 bits per heavy atom. The monoisotopic (exact) mass is 215 g/mol. The molecule has 0 aromatic rings. The van der Waals surface area contributed by atoms with Crippen molar-refractivity contribution in [2.24, 2.45) is 5.92 Å². The Morgan fingerprint density at radius 1 is 1.40 bits per heavy atom. The summed E-state index contributed by atoms with van der Waals surface area (Å²) in [6, 6.07) is 0.245. The number of nitrogens with one attached hydrogen (secondary N) is 1. The van der Waals surface area contributed by atoms with E-state index in [4.69, 9.17) is 9.47 Å². The fraction of sp³-hybridized carbons (Fsp3) is 0.909. The van der Waals surface area contributed by atoms with Crippen LogP contribution < -0.4 is 5.32 Å². The van der Waals surface area contributed by atoms with Crippen LogP contribution in [-0.2, 0) is 14.3 Å². The molecule has 1 heterocycles. The van der Waals surface area contributed by atoms with E-state index in [1.807, 2.05) is 6.92 Å². The quantitative estimate of drug-likeness (QED) is 0.529. The first kappa shape index (κ1) is 12.5. The summed E-state index contributed by atoms with van der Waals surface area (Å²) in [7, 11) is 0. The van der Waals surface area contributed by atoms with Gasteiger partial charge in [-0.2, -0.15) is 0 Å². The van der Waals surface area contributed by atoms with Crippen molar-refractivity contribution in [2.45, 2.75) is 32.7 Å². The molecule has 1 aliphatic heterocycles. The van der Waals surface area contributed by atoms with Gasteiger partial charge in [0.1, 0.15) is 6.61 Å². The van der Waals surface area contributed by atoms with E-state index in [0.717, 1.165) is 26.0 Å². The first-order valence-electron chi connectivity index (χ1n) is 5.73. The lowest BCUT2D eigenvalue weighted by Gasteiger charge is -2.13. The van der Waals surface area contributed by atoms with Crippen LogP contribution in [0.2, 0.25) is 0 Å². The molecule has 88 valence electrons. The molecule has 0 bridgehead atoms. The number of ether oxygens (including phenoxy) is 2. The van der Waals surface area contributed by atoms with Gasteiger partial charge in [0.15, 0.2) is 0 Å². The second-order valence-electron chi connectivity index (χ2n) is 3.92. The smallest absolute Gasteiger partial charge is 0.310 e. The third-order valence-electron chi connectivity index (χ3n) is 2.65. The second-order valence-corrected chi connectivity index (χ2v) is 3.92. The second kappa shape index (κ2) is 6.80. The molecule has 2 atom stereocenters. The van der Waals surface area contributed by atoms with Crippen molar-refractivity contribution >= 4 is 5.97 Å². The summed E-state index contributed by atoms with van der Waals surface area (Å²) in [4.78, 5) is 11.6. The Morgan fingerprint density at radius 2 is 2.20 bits per heavy atom. The zero-order valence-electron chi connectivity index (χ0n) is 9.62. The highest BCUT2D eigenvalue weighted by atomic mass is 16.6. The number of esters is 1. The molecule has 0 radical (unpaired) electrons. The van der Waals surface area contributed by atoms with Gasteiger partial charge in [-0.1, -0.05) is 6.92 Å². The molecular weight excluding hydrogens is 194 g/mol. The summed E-state index contributed by atoms with van der Waals surface area (Å²) >= 11 is 0. The molecule has 4 heteroatoms. The maximum atomic E-state index is 11.6. The summed E-state index contributed by atoms with van der Waals surface area (Å²) < 4.78 is 10.4. The summed E-state index contributed by atoms with van der Waals surface area (Å²) in [5, 5.41) is 3.23. The number of rotatable bonds is 6. The highest BCUT2D eigenvalue weighted by Crippen LogP contribution is 2.16. The Labute approximate surface area is 91.3 Å². The van der Waals surface area contributed by atoms with Crippen LogP contribution in [0.3, 0.4) is 0 Å². The van der Waals surface area contributed by atoms with Crippen LogP contribution in [0.15, 0.2) is 0 Å². The third-order valence-corrected chi connectivity index (χ3v) is 2.65. The minimum absolute atomic E-state index is 0.0242. The third kappa shape index (κ3) is 4.18. The Balaban J connectivity index is 2.08. The van der Waals surface area contributed by atoms with Gasteiger partial charge in [0.2, 0.25) is 0 Å². The van der Waals surface area contributed by atoms with Crippen molar-refractivity contribution in [3.05, 3.63) is 0 Å². The van der Waals surface area contributed by atoms with Gasteiger partial charge in [-0.25, -0.2) is 0 Å². The fourth-order valence-corrected chi connectivity index (χ4v) is 1.74. The van der Waals surface area contributed by atoms with E-state index in [0.29, 0.717) is 13.2 Å². The lowest BCUT2D eigenvalue weighted by Crippen LogP contribution is -2.30. The van der Waals surface area contributed by atoms with Gasteiger partial charge in [-0.15, -0.1) is 0 Å². The molecule has 1 saturated heterocycles. The predicted molar refractivity (Wildman–Crippen MR) is 57.6 cm³/mol. The number of carbonyl (C=O) groups excluding carboxylic acids is 1. The standard InChI is InChI=1S/C11H21NO3/c1-3-6-14-7-8-15-11(13)10-4-5-12-9(10)2/h9-10,12H,3-8H2,1-2H3. The van der Waals surface area contributed by atoms with Gasteiger partial charge in [0.05, 0.1) is 12.5 Å². The summed E-state index contributed by atoms with van der Waals surface area (Å²) in [6.45, 7) is 6.60. The van der Waals surface area contributed by atoms with E-state index in [1.54, 1.807) is 0 Å². The van der Waals surface area contributed by atoms with Crippen molar-refractivity contribution < 1.29 is 14.3 Å². The average Bonchev–Trinajstić information content (AvgIpc) is 2.64. The molecule has 2 unspecified atom stereocenters. The molecule has 0 saturated carbocycles. The number of hydrogen-bond acceptors (Lipinski definition) is 4. The minimum Gasteiger partial charge on any atom is -0.463 e. The summed E-state index contributed by atoms with van der Waals surface area (Å²) in [5.74, 6) is -0.0660. The maximum absolute atomic E-state index is 11.6. The van der Waals surface area contributed by atoms with E-state index in [-0.39, 0.29) is 17.9 Å². The molecule has 1 N–H and O–H groups in total. The average molecular weight is 215 g/mol. The molecule has 4 nitrogen and oxygen atoms in total. The molecule has 1 fully saturated rings. The molecule has 0 aliphatic carbocycles. The normalized spacial score (nSPS) is 25.5. The zero-order valence-corrected chi connectivity index (χ0v) is 9.62. The highest BCUT2D eigenvalue weighted by molar-refractivity contribution is 5.73. The minimum atomic E-state index is -0.0902. The van der Waals surface area contributed by atoms with Crippen LogP contribution >= 0.6 is 0 Å². The molecule has 0 spiro atoms. The van der Waals surface area contributed by atoms with Crippen molar-refractivity contribution in [3.8, 4) is 0 Å². The molecule has 1 rings (SSSR count). The lowest BCUT2D eigenvalue weighted by atomic mass is 10.0. The Kier molecular flexibility index (Phi) is 5.65. The van der Waals surface area contributed by atoms with Crippen LogP contribution in [0.5, 0.6) is 0 Å². The lowest BCUT2D eigenvalue weighted by molar-refractivity contribution is -0.150. The van der Waals surface area contributed by atoms with Crippen molar-refractivity contribution in [3.63, 3.8) is 0 Å². The van der Waals surface area contributed by atoms with E-state index >= 15 is 0 Å². The molecule has 0 aromatic heterocycles. The van der Waals surface area contributed by atoms with Crippen LogP contribution in [0.4, 0.5) is 0 Å². The fourth-order valence-electron chi connectivity index (χ4n) is 1.74. The van der Waals surface area contributed by atoms with Crippen molar-refractivity contribution in [2.75, 3.05) is 26.4 Å². The zero-order chi connectivity index (χ0) is 11.1. The van der Waals surface area contributed by atoms with E-state index in [2.05, 4.69) is 12.2 Å². The first-order valence-corrected chi connectivity index (χ1v) is 5.73. The largest absolute Gasteiger partial charge is 0.463 e. The molecule has 0 amide bonds.